The van der Waals surface area contributed by atoms with Gasteiger partial charge in [0.15, 0.2) is 0 Å². The molecule has 0 radical (unpaired) electrons. The highest BCUT2D eigenvalue weighted by Crippen LogP contribution is 2.24. The van der Waals surface area contributed by atoms with Crippen LogP contribution in [0.2, 0.25) is 0 Å². The van der Waals surface area contributed by atoms with E-state index in [2.05, 4.69) is 36.2 Å². The maximum Gasteiger partial charge on any atom is 0.116 e. The molecule has 2 heterocycles. The van der Waals surface area contributed by atoms with Crippen LogP contribution in [0.5, 0.6) is 0 Å². The lowest BCUT2D eigenvalue weighted by Crippen LogP contribution is -2.11. The molecule has 0 bridgehead atoms. The van der Waals surface area contributed by atoms with Crippen LogP contribution in [0.4, 0.5) is 0 Å². The molecule has 0 aliphatic carbocycles. The Morgan fingerprint density at radius 1 is 1.29 bits per heavy atom. The van der Waals surface area contributed by atoms with Crippen molar-refractivity contribution in [2.45, 2.75) is 26.2 Å². The van der Waals surface area contributed by atoms with Gasteiger partial charge < -0.3 is 0 Å². The molecule has 2 rings (SSSR count). The lowest BCUT2D eigenvalue weighted by Gasteiger charge is -2.13. The Morgan fingerprint density at radius 2 is 2.06 bits per heavy atom. The van der Waals surface area contributed by atoms with Crippen molar-refractivity contribution >= 4 is 23.5 Å². The standard InChI is InChI=1S/C13H17N3S/c1-13(2,3)11-9-17-12(15-11)6-5-10-7-8-14-16(10)4/h5-9H,1-4H3/b6-5+. The zero-order valence-corrected chi connectivity index (χ0v) is 11.5. The fraction of sp³-hybridized carbons (Fsp3) is 0.385. The van der Waals surface area contributed by atoms with Gasteiger partial charge in [0.05, 0.1) is 11.4 Å². The minimum atomic E-state index is 0.120. The molecule has 0 aliphatic rings. The SMILES string of the molecule is Cn1nccc1/C=C/c1nc(C(C)(C)C)cs1. The Hall–Kier alpha value is -1.42. The summed E-state index contributed by atoms with van der Waals surface area (Å²) >= 11 is 1.68. The van der Waals surface area contributed by atoms with Gasteiger partial charge in [0.25, 0.3) is 0 Å². The van der Waals surface area contributed by atoms with Crippen molar-refractivity contribution in [2.24, 2.45) is 7.05 Å². The second-order valence-electron chi connectivity index (χ2n) is 5.03. The summed E-state index contributed by atoms with van der Waals surface area (Å²) in [6.07, 6.45) is 5.87. The number of aryl methyl sites for hydroxylation is 1. The van der Waals surface area contributed by atoms with Gasteiger partial charge in [-0.3, -0.25) is 4.68 Å². The first kappa shape index (κ1) is 12.0. The number of hydrogen-bond donors (Lipinski definition) is 0. The number of nitrogens with zero attached hydrogens (tertiary/aromatic N) is 3. The van der Waals surface area contributed by atoms with Crippen LogP contribution in [0.3, 0.4) is 0 Å². The highest BCUT2D eigenvalue weighted by Gasteiger charge is 2.16. The van der Waals surface area contributed by atoms with Crippen molar-refractivity contribution in [1.29, 1.82) is 0 Å². The van der Waals surface area contributed by atoms with Crippen molar-refractivity contribution in [1.82, 2.24) is 14.8 Å². The van der Waals surface area contributed by atoms with E-state index in [9.17, 15) is 0 Å². The van der Waals surface area contributed by atoms with E-state index in [4.69, 9.17) is 0 Å². The summed E-state index contributed by atoms with van der Waals surface area (Å²) in [5.41, 5.74) is 2.35. The van der Waals surface area contributed by atoms with Gasteiger partial charge in [0.2, 0.25) is 0 Å². The lowest BCUT2D eigenvalue weighted by molar-refractivity contribution is 0.573. The quantitative estimate of drug-likeness (QED) is 0.815. The summed E-state index contributed by atoms with van der Waals surface area (Å²) in [4.78, 5) is 4.61. The molecule has 0 aromatic carbocycles. The summed E-state index contributed by atoms with van der Waals surface area (Å²) < 4.78 is 1.84. The van der Waals surface area contributed by atoms with Gasteiger partial charge in [0.1, 0.15) is 5.01 Å². The molecule has 0 saturated carbocycles. The first-order valence-corrected chi connectivity index (χ1v) is 6.47. The molecule has 2 aromatic heterocycles. The Balaban J connectivity index is 2.18. The highest BCUT2D eigenvalue weighted by molar-refractivity contribution is 7.10. The van der Waals surface area contributed by atoms with Gasteiger partial charge in [-0.1, -0.05) is 20.8 Å². The predicted octanol–water partition coefficient (Wildman–Crippen LogP) is 3.34. The summed E-state index contributed by atoms with van der Waals surface area (Å²) in [5.74, 6) is 0. The van der Waals surface area contributed by atoms with Gasteiger partial charge in [-0.05, 0) is 18.2 Å². The van der Waals surface area contributed by atoms with E-state index in [0.717, 1.165) is 16.4 Å². The van der Waals surface area contributed by atoms with Crippen LogP contribution in [-0.4, -0.2) is 14.8 Å². The normalized spacial score (nSPS) is 12.5. The van der Waals surface area contributed by atoms with E-state index in [1.807, 2.05) is 29.9 Å². The van der Waals surface area contributed by atoms with E-state index in [-0.39, 0.29) is 5.41 Å². The van der Waals surface area contributed by atoms with Crippen LogP contribution in [0.25, 0.3) is 12.2 Å². The molecule has 0 unspecified atom stereocenters. The minimum Gasteiger partial charge on any atom is -0.269 e. The van der Waals surface area contributed by atoms with Crippen LogP contribution in [-0.2, 0) is 12.5 Å². The third-order valence-electron chi connectivity index (χ3n) is 2.55. The van der Waals surface area contributed by atoms with Crippen molar-refractivity contribution in [3.63, 3.8) is 0 Å². The van der Waals surface area contributed by atoms with E-state index >= 15 is 0 Å². The number of rotatable bonds is 2. The number of aromatic nitrogens is 3. The monoisotopic (exact) mass is 247 g/mol. The average Bonchev–Trinajstić information content (AvgIpc) is 2.82. The molecular formula is C13H17N3S. The van der Waals surface area contributed by atoms with Gasteiger partial charge in [-0.25, -0.2) is 4.98 Å². The first-order chi connectivity index (χ1) is 7.97. The van der Waals surface area contributed by atoms with E-state index in [1.165, 1.54) is 0 Å². The molecule has 0 saturated heterocycles. The average molecular weight is 247 g/mol. The third-order valence-corrected chi connectivity index (χ3v) is 3.36. The van der Waals surface area contributed by atoms with Crippen LogP contribution in [0.1, 0.15) is 37.2 Å². The number of hydrogen-bond acceptors (Lipinski definition) is 3. The van der Waals surface area contributed by atoms with Crippen LogP contribution < -0.4 is 0 Å². The zero-order valence-electron chi connectivity index (χ0n) is 10.6. The molecule has 0 amide bonds. The maximum atomic E-state index is 4.61. The second-order valence-corrected chi connectivity index (χ2v) is 5.92. The molecular weight excluding hydrogens is 230 g/mol. The van der Waals surface area contributed by atoms with Crippen molar-refractivity contribution in [3.8, 4) is 0 Å². The van der Waals surface area contributed by atoms with Gasteiger partial charge in [0, 0.05) is 24.0 Å². The zero-order chi connectivity index (χ0) is 12.5. The molecule has 90 valence electrons. The molecule has 0 fully saturated rings. The van der Waals surface area contributed by atoms with Crippen LogP contribution in [0.15, 0.2) is 17.6 Å². The summed E-state index contributed by atoms with van der Waals surface area (Å²) in [6, 6.07) is 1.98. The van der Waals surface area contributed by atoms with E-state index in [1.54, 1.807) is 17.5 Å². The highest BCUT2D eigenvalue weighted by atomic mass is 32.1. The maximum absolute atomic E-state index is 4.61. The second kappa shape index (κ2) is 4.45. The summed E-state index contributed by atoms with van der Waals surface area (Å²) in [5, 5.41) is 7.29. The minimum absolute atomic E-state index is 0.120. The van der Waals surface area contributed by atoms with Gasteiger partial charge >= 0.3 is 0 Å². The molecule has 0 atom stereocenters. The molecule has 0 aliphatic heterocycles. The Kier molecular flexibility index (Phi) is 3.15. The Morgan fingerprint density at radius 3 is 2.59 bits per heavy atom. The van der Waals surface area contributed by atoms with E-state index in [0.29, 0.717) is 0 Å². The van der Waals surface area contributed by atoms with Gasteiger partial charge in [-0.2, -0.15) is 5.10 Å². The molecule has 0 spiro atoms. The van der Waals surface area contributed by atoms with Crippen molar-refractivity contribution in [2.75, 3.05) is 0 Å². The smallest absolute Gasteiger partial charge is 0.116 e. The van der Waals surface area contributed by atoms with Crippen LogP contribution >= 0.6 is 11.3 Å². The Labute approximate surface area is 106 Å². The predicted molar refractivity (Wildman–Crippen MR) is 73.0 cm³/mol. The first-order valence-electron chi connectivity index (χ1n) is 5.59. The Bertz CT molecular complexity index is 529. The molecule has 2 aromatic rings. The van der Waals surface area contributed by atoms with E-state index < -0.39 is 0 Å². The fourth-order valence-corrected chi connectivity index (χ4v) is 2.35. The van der Waals surface area contributed by atoms with Crippen molar-refractivity contribution < 1.29 is 0 Å². The summed E-state index contributed by atoms with van der Waals surface area (Å²) in [7, 11) is 1.93. The topological polar surface area (TPSA) is 30.7 Å². The number of thiazole rings is 1. The largest absolute Gasteiger partial charge is 0.269 e. The lowest BCUT2D eigenvalue weighted by atomic mass is 9.93. The molecule has 0 N–H and O–H groups in total. The molecule has 17 heavy (non-hydrogen) atoms. The van der Waals surface area contributed by atoms with Crippen LogP contribution in [0, 0.1) is 0 Å². The van der Waals surface area contributed by atoms with Crippen molar-refractivity contribution in [3.05, 3.63) is 34.0 Å². The summed E-state index contributed by atoms with van der Waals surface area (Å²) in [6.45, 7) is 6.53. The molecule has 4 heteroatoms. The van der Waals surface area contributed by atoms with Gasteiger partial charge in [-0.15, -0.1) is 11.3 Å². The fourth-order valence-electron chi connectivity index (χ4n) is 1.41. The molecule has 3 nitrogen and oxygen atoms in total. The third kappa shape index (κ3) is 2.82.